The molecule has 28 heavy (non-hydrogen) atoms. The van der Waals surface area contributed by atoms with Crippen LogP contribution in [0.1, 0.15) is 10.4 Å². The summed E-state index contributed by atoms with van der Waals surface area (Å²) in [5.74, 6) is -0.441. The number of halogens is 1. The number of nitrogens with one attached hydrogen (secondary N) is 2. The number of amides is 2. The first-order chi connectivity index (χ1) is 13.6. The van der Waals surface area contributed by atoms with Gasteiger partial charge in [-0.3, -0.25) is 9.59 Å². The highest BCUT2D eigenvalue weighted by Crippen LogP contribution is 2.36. The lowest BCUT2D eigenvalue weighted by molar-refractivity contribution is -0.115. The van der Waals surface area contributed by atoms with Gasteiger partial charge in [0.25, 0.3) is 5.91 Å². The van der Waals surface area contributed by atoms with Gasteiger partial charge in [0, 0.05) is 10.9 Å². The highest BCUT2D eigenvalue weighted by atomic mass is 32.1. The minimum Gasteiger partial charge on any atom is -0.454 e. The molecular formula is C19H14FN3O4S. The molecule has 4 rings (SSSR count). The lowest BCUT2D eigenvalue weighted by Gasteiger charge is -2.05. The third kappa shape index (κ3) is 3.79. The van der Waals surface area contributed by atoms with Crippen LogP contribution in [0.4, 0.5) is 9.52 Å². The highest BCUT2D eigenvalue weighted by molar-refractivity contribution is 7.14. The van der Waals surface area contributed by atoms with Gasteiger partial charge in [-0.1, -0.05) is 12.1 Å². The smallest absolute Gasteiger partial charge is 0.254 e. The molecule has 2 N–H and O–H groups in total. The Kier molecular flexibility index (Phi) is 4.90. The molecule has 1 aromatic heterocycles. The molecule has 7 nitrogen and oxygen atoms in total. The standard InChI is InChI=1S/C19H14FN3O4S/c20-13-4-2-1-3-12(13)18(25)21-8-17(24)23-19-22-14(9-28-19)11-5-6-15-16(7-11)27-10-26-15/h1-7,9H,8,10H2,(H,21,25)(H,22,23,24). The van der Waals surface area contributed by atoms with Crippen molar-refractivity contribution in [3.63, 3.8) is 0 Å². The summed E-state index contributed by atoms with van der Waals surface area (Å²) >= 11 is 1.25. The summed E-state index contributed by atoms with van der Waals surface area (Å²) < 4.78 is 24.2. The zero-order valence-corrected chi connectivity index (χ0v) is 15.2. The maximum absolute atomic E-state index is 13.6. The van der Waals surface area contributed by atoms with Crippen molar-refractivity contribution in [1.82, 2.24) is 10.3 Å². The molecule has 0 aliphatic carbocycles. The first kappa shape index (κ1) is 17.9. The van der Waals surface area contributed by atoms with E-state index >= 15 is 0 Å². The summed E-state index contributed by atoms with van der Waals surface area (Å²) in [6.07, 6.45) is 0. The van der Waals surface area contributed by atoms with E-state index in [-0.39, 0.29) is 18.9 Å². The summed E-state index contributed by atoms with van der Waals surface area (Å²) in [4.78, 5) is 28.3. The van der Waals surface area contributed by atoms with Crippen molar-refractivity contribution in [2.24, 2.45) is 0 Å². The zero-order chi connectivity index (χ0) is 19.5. The van der Waals surface area contributed by atoms with Gasteiger partial charge in [-0.15, -0.1) is 11.3 Å². The minimum atomic E-state index is -0.659. The van der Waals surface area contributed by atoms with Crippen LogP contribution in [0.15, 0.2) is 47.8 Å². The molecule has 2 aromatic carbocycles. The van der Waals surface area contributed by atoms with Gasteiger partial charge < -0.3 is 20.1 Å². The quantitative estimate of drug-likeness (QED) is 0.688. The van der Waals surface area contributed by atoms with Crippen LogP contribution in [-0.2, 0) is 4.79 Å². The molecule has 9 heteroatoms. The molecule has 0 radical (unpaired) electrons. The fourth-order valence-electron chi connectivity index (χ4n) is 2.58. The topological polar surface area (TPSA) is 89.6 Å². The molecule has 1 aliphatic heterocycles. The van der Waals surface area contributed by atoms with E-state index in [4.69, 9.17) is 9.47 Å². The Hall–Kier alpha value is -3.46. The fourth-order valence-corrected chi connectivity index (χ4v) is 3.32. The van der Waals surface area contributed by atoms with E-state index < -0.39 is 17.6 Å². The Morgan fingerprint density at radius 3 is 2.82 bits per heavy atom. The van der Waals surface area contributed by atoms with Gasteiger partial charge in [0.1, 0.15) is 5.82 Å². The van der Waals surface area contributed by atoms with E-state index in [1.54, 1.807) is 17.5 Å². The molecule has 0 saturated heterocycles. The predicted molar refractivity (Wildman–Crippen MR) is 101 cm³/mol. The Labute approximate surface area is 163 Å². The number of nitrogens with zero attached hydrogens (tertiary/aromatic N) is 1. The molecule has 0 atom stereocenters. The summed E-state index contributed by atoms with van der Waals surface area (Å²) in [6.45, 7) is -0.109. The Morgan fingerprint density at radius 2 is 1.96 bits per heavy atom. The summed E-state index contributed by atoms with van der Waals surface area (Å²) in [7, 11) is 0. The SMILES string of the molecule is O=C(CNC(=O)c1ccccc1F)Nc1nc(-c2ccc3c(c2)OCO3)cs1. The number of carbonyl (C=O) groups excluding carboxylic acids is 2. The maximum atomic E-state index is 13.6. The van der Waals surface area contributed by atoms with E-state index in [0.717, 1.165) is 5.56 Å². The molecule has 0 saturated carbocycles. The van der Waals surface area contributed by atoms with Crippen LogP contribution < -0.4 is 20.1 Å². The van der Waals surface area contributed by atoms with Crippen molar-refractivity contribution >= 4 is 28.3 Å². The normalized spacial score (nSPS) is 11.9. The van der Waals surface area contributed by atoms with Crippen molar-refractivity contribution in [3.05, 3.63) is 59.2 Å². The van der Waals surface area contributed by atoms with Crippen molar-refractivity contribution in [1.29, 1.82) is 0 Å². The number of aromatic nitrogens is 1. The number of fused-ring (bicyclic) bond motifs is 1. The van der Waals surface area contributed by atoms with Crippen LogP contribution in [0.5, 0.6) is 11.5 Å². The summed E-state index contributed by atoms with van der Waals surface area (Å²) in [6, 6.07) is 11.0. The van der Waals surface area contributed by atoms with Gasteiger partial charge >= 0.3 is 0 Å². The Morgan fingerprint density at radius 1 is 1.14 bits per heavy atom. The zero-order valence-electron chi connectivity index (χ0n) is 14.4. The third-order valence-corrected chi connectivity index (χ3v) is 4.70. The van der Waals surface area contributed by atoms with Gasteiger partial charge in [-0.2, -0.15) is 0 Å². The number of hydrogen-bond acceptors (Lipinski definition) is 6. The molecule has 1 aliphatic rings. The average molecular weight is 399 g/mol. The van der Waals surface area contributed by atoms with E-state index in [9.17, 15) is 14.0 Å². The van der Waals surface area contributed by atoms with Crippen molar-refractivity contribution in [3.8, 4) is 22.8 Å². The second kappa shape index (κ2) is 7.65. The fraction of sp³-hybridized carbons (Fsp3) is 0.105. The van der Waals surface area contributed by atoms with Gasteiger partial charge in [-0.25, -0.2) is 9.37 Å². The minimum absolute atomic E-state index is 0.116. The number of rotatable bonds is 5. The third-order valence-electron chi connectivity index (χ3n) is 3.95. The monoisotopic (exact) mass is 399 g/mol. The number of ether oxygens (including phenoxy) is 2. The number of anilines is 1. The molecule has 0 unspecified atom stereocenters. The molecule has 0 spiro atoms. The molecule has 2 amide bonds. The molecule has 0 bridgehead atoms. The first-order valence-electron chi connectivity index (χ1n) is 8.28. The molecule has 0 fully saturated rings. The van der Waals surface area contributed by atoms with Crippen molar-refractivity contribution in [2.45, 2.75) is 0 Å². The van der Waals surface area contributed by atoms with Gasteiger partial charge in [0.05, 0.1) is 17.8 Å². The van der Waals surface area contributed by atoms with Crippen LogP contribution in [-0.4, -0.2) is 30.1 Å². The van der Waals surface area contributed by atoms with E-state index in [2.05, 4.69) is 15.6 Å². The molecule has 2 heterocycles. The average Bonchev–Trinajstić information content (AvgIpc) is 3.35. The van der Waals surface area contributed by atoms with Crippen molar-refractivity contribution < 1.29 is 23.5 Å². The first-order valence-corrected chi connectivity index (χ1v) is 9.16. The number of carbonyl (C=O) groups is 2. The van der Waals surface area contributed by atoms with Gasteiger partial charge in [0.15, 0.2) is 16.6 Å². The van der Waals surface area contributed by atoms with Crippen LogP contribution in [0, 0.1) is 5.82 Å². The number of benzene rings is 2. The predicted octanol–water partition coefficient (Wildman–Crippen LogP) is 3.05. The second-order valence-electron chi connectivity index (χ2n) is 5.82. The van der Waals surface area contributed by atoms with E-state index in [1.807, 2.05) is 12.1 Å². The molecule has 142 valence electrons. The van der Waals surface area contributed by atoms with Crippen LogP contribution in [0.3, 0.4) is 0 Å². The number of thiazole rings is 1. The lowest BCUT2D eigenvalue weighted by Crippen LogP contribution is -2.33. The van der Waals surface area contributed by atoms with Crippen LogP contribution >= 0.6 is 11.3 Å². The van der Waals surface area contributed by atoms with Gasteiger partial charge in [-0.05, 0) is 30.3 Å². The maximum Gasteiger partial charge on any atom is 0.254 e. The molecule has 3 aromatic rings. The van der Waals surface area contributed by atoms with E-state index in [0.29, 0.717) is 22.3 Å². The van der Waals surface area contributed by atoms with Gasteiger partial charge in [0.2, 0.25) is 12.7 Å². The van der Waals surface area contributed by atoms with Crippen molar-refractivity contribution in [2.75, 3.05) is 18.7 Å². The van der Waals surface area contributed by atoms with Crippen LogP contribution in [0.25, 0.3) is 11.3 Å². The summed E-state index contributed by atoms with van der Waals surface area (Å²) in [5, 5.41) is 7.18. The highest BCUT2D eigenvalue weighted by Gasteiger charge is 2.16. The van der Waals surface area contributed by atoms with E-state index in [1.165, 1.54) is 29.5 Å². The summed E-state index contributed by atoms with van der Waals surface area (Å²) in [5.41, 5.74) is 1.39. The Bertz CT molecular complexity index is 1050. The lowest BCUT2D eigenvalue weighted by atomic mass is 10.1. The number of hydrogen-bond donors (Lipinski definition) is 2. The van der Waals surface area contributed by atoms with Crippen LogP contribution in [0.2, 0.25) is 0 Å². The second-order valence-corrected chi connectivity index (χ2v) is 6.67. The Balaban J connectivity index is 1.35. The largest absolute Gasteiger partial charge is 0.454 e. The molecular weight excluding hydrogens is 385 g/mol.